The molecule has 0 spiro atoms. The van der Waals surface area contributed by atoms with Gasteiger partial charge in [-0.25, -0.2) is 0 Å². The van der Waals surface area contributed by atoms with E-state index in [0.29, 0.717) is 6.10 Å². The van der Waals surface area contributed by atoms with E-state index in [1.165, 1.54) is 6.42 Å². The number of epoxide rings is 1. The summed E-state index contributed by atoms with van der Waals surface area (Å²) in [5.74, 6) is 0.753. The van der Waals surface area contributed by atoms with Crippen LogP contribution in [0, 0.1) is 5.92 Å². The third kappa shape index (κ3) is 2.27. The second-order valence-corrected chi connectivity index (χ2v) is 3.37. The van der Waals surface area contributed by atoms with E-state index < -0.39 is 0 Å². The number of aliphatic hydroxyl groups is 1. The molecule has 2 nitrogen and oxygen atoms in total. The van der Waals surface area contributed by atoms with Crippen LogP contribution in [-0.4, -0.2) is 23.9 Å². The predicted octanol–water partition coefficient (Wildman–Crippen LogP) is 1.18. The molecule has 0 amide bonds. The van der Waals surface area contributed by atoms with Crippen molar-refractivity contribution in [1.82, 2.24) is 0 Å². The molecule has 60 valence electrons. The van der Waals surface area contributed by atoms with E-state index in [-0.39, 0.29) is 12.7 Å². The van der Waals surface area contributed by atoms with Gasteiger partial charge in [-0.1, -0.05) is 13.8 Å². The largest absolute Gasteiger partial charge is 0.394 e. The molecule has 2 atom stereocenters. The van der Waals surface area contributed by atoms with Gasteiger partial charge in [0.25, 0.3) is 0 Å². The molecule has 0 saturated carbocycles. The first kappa shape index (κ1) is 8.02. The number of hydrogen-bond acceptors (Lipinski definition) is 2. The highest BCUT2D eigenvalue weighted by Gasteiger charge is 2.37. The van der Waals surface area contributed by atoms with Crippen LogP contribution in [0.3, 0.4) is 0 Å². The summed E-state index contributed by atoms with van der Waals surface area (Å²) in [6, 6.07) is 0. The number of rotatable bonds is 4. The van der Waals surface area contributed by atoms with Crippen LogP contribution in [0.1, 0.15) is 26.7 Å². The molecule has 2 unspecified atom stereocenters. The minimum Gasteiger partial charge on any atom is -0.394 e. The molecule has 2 heteroatoms. The summed E-state index contributed by atoms with van der Waals surface area (Å²) in [7, 11) is 0. The zero-order valence-electron chi connectivity index (χ0n) is 6.71. The van der Waals surface area contributed by atoms with Crippen LogP contribution < -0.4 is 0 Å². The SMILES string of the molecule is CC(C)CCC1OC1CO. The summed E-state index contributed by atoms with van der Waals surface area (Å²) in [4.78, 5) is 0. The van der Waals surface area contributed by atoms with E-state index in [4.69, 9.17) is 9.84 Å². The minimum absolute atomic E-state index is 0.166. The number of ether oxygens (including phenoxy) is 1. The monoisotopic (exact) mass is 144 g/mol. The Morgan fingerprint density at radius 1 is 1.40 bits per heavy atom. The quantitative estimate of drug-likeness (QED) is 0.601. The Bertz CT molecular complexity index is 101. The van der Waals surface area contributed by atoms with Crippen molar-refractivity contribution in [2.75, 3.05) is 6.61 Å². The van der Waals surface area contributed by atoms with Crippen LogP contribution in [0.5, 0.6) is 0 Å². The lowest BCUT2D eigenvalue weighted by Gasteiger charge is -1.99. The maximum absolute atomic E-state index is 8.62. The average molecular weight is 144 g/mol. The van der Waals surface area contributed by atoms with Crippen molar-refractivity contribution in [2.45, 2.75) is 38.9 Å². The van der Waals surface area contributed by atoms with Crippen LogP contribution in [-0.2, 0) is 4.74 Å². The highest BCUT2D eigenvalue weighted by atomic mass is 16.6. The van der Waals surface area contributed by atoms with Crippen molar-refractivity contribution in [3.8, 4) is 0 Å². The van der Waals surface area contributed by atoms with Gasteiger partial charge in [-0.15, -0.1) is 0 Å². The molecule has 0 radical (unpaired) electrons. The van der Waals surface area contributed by atoms with Gasteiger partial charge >= 0.3 is 0 Å². The van der Waals surface area contributed by atoms with Crippen molar-refractivity contribution in [1.29, 1.82) is 0 Å². The first-order chi connectivity index (χ1) is 4.74. The first-order valence-corrected chi connectivity index (χ1v) is 4.00. The van der Waals surface area contributed by atoms with Gasteiger partial charge in [0.1, 0.15) is 6.10 Å². The Kier molecular flexibility index (Phi) is 2.69. The van der Waals surface area contributed by atoms with Crippen molar-refractivity contribution in [3.05, 3.63) is 0 Å². The molecule has 1 aliphatic rings. The Hall–Kier alpha value is -0.0800. The first-order valence-electron chi connectivity index (χ1n) is 4.00. The smallest absolute Gasteiger partial charge is 0.107 e. The minimum atomic E-state index is 0.166. The van der Waals surface area contributed by atoms with Crippen molar-refractivity contribution in [2.24, 2.45) is 5.92 Å². The third-order valence-electron chi connectivity index (χ3n) is 1.90. The molecule has 1 aliphatic heterocycles. The molecule has 1 heterocycles. The normalized spacial score (nSPS) is 31.2. The van der Waals surface area contributed by atoms with Crippen LogP contribution in [0.15, 0.2) is 0 Å². The van der Waals surface area contributed by atoms with Gasteiger partial charge in [0.2, 0.25) is 0 Å². The Morgan fingerprint density at radius 3 is 2.50 bits per heavy atom. The molecule has 0 aliphatic carbocycles. The molecule has 10 heavy (non-hydrogen) atoms. The van der Waals surface area contributed by atoms with E-state index in [0.717, 1.165) is 12.3 Å². The van der Waals surface area contributed by atoms with Crippen molar-refractivity contribution < 1.29 is 9.84 Å². The summed E-state index contributed by atoms with van der Waals surface area (Å²) >= 11 is 0. The zero-order chi connectivity index (χ0) is 7.56. The molecular weight excluding hydrogens is 128 g/mol. The van der Waals surface area contributed by atoms with Crippen LogP contribution in [0.4, 0.5) is 0 Å². The molecule has 0 aromatic carbocycles. The fourth-order valence-corrected chi connectivity index (χ4v) is 1.09. The van der Waals surface area contributed by atoms with Gasteiger partial charge in [-0.05, 0) is 18.8 Å². The van der Waals surface area contributed by atoms with Gasteiger partial charge in [0.15, 0.2) is 0 Å². The Balaban J connectivity index is 1.96. The second-order valence-electron chi connectivity index (χ2n) is 3.37. The van der Waals surface area contributed by atoms with Gasteiger partial charge < -0.3 is 9.84 Å². The average Bonchev–Trinajstić information content (AvgIpc) is 2.61. The third-order valence-corrected chi connectivity index (χ3v) is 1.90. The second kappa shape index (κ2) is 3.35. The highest BCUT2D eigenvalue weighted by Crippen LogP contribution is 2.27. The highest BCUT2D eigenvalue weighted by molar-refractivity contribution is 4.83. The molecule has 1 fully saturated rings. The Morgan fingerprint density at radius 2 is 2.10 bits per heavy atom. The fourth-order valence-electron chi connectivity index (χ4n) is 1.09. The lowest BCUT2D eigenvalue weighted by Crippen LogP contribution is -2.00. The zero-order valence-corrected chi connectivity index (χ0v) is 6.71. The summed E-state index contributed by atoms with van der Waals surface area (Å²) in [6.07, 6.45) is 2.86. The van der Waals surface area contributed by atoms with E-state index >= 15 is 0 Å². The number of aliphatic hydroxyl groups excluding tert-OH is 1. The van der Waals surface area contributed by atoms with E-state index in [1.807, 2.05) is 0 Å². The molecule has 0 aromatic heterocycles. The molecule has 0 aromatic rings. The van der Waals surface area contributed by atoms with Gasteiger partial charge in [0.05, 0.1) is 12.7 Å². The van der Waals surface area contributed by atoms with Crippen LogP contribution in [0.25, 0.3) is 0 Å². The fraction of sp³-hybridized carbons (Fsp3) is 1.00. The predicted molar refractivity (Wildman–Crippen MR) is 39.8 cm³/mol. The summed E-state index contributed by atoms with van der Waals surface area (Å²) in [5.41, 5.74) is 0. The van der Waals surface area contributed by atoms with E-state index in [9.17, 15) is 0 Å². The lowest BCUT2D eigenvalue weighted by atomic mass is 10.1. The van der Waals surface area contributed by atoms with Crippen LogP contribution in [0.2, 0.25) is 0 Å². The van der Waals surface area contributed by atoms with Gasteiger partial charge in [0, 0.05) is 0 Å². The van der Waals surface area contributed by atoms with E-state index in [1.54, 1.807) is 0 Å². The molecule has 1 saturated heterocycles. The lowest BCUT2D eigenvalue weighted by molar-refractivity contribution is 0.241. The maximum Gasteiger partial charge on any atom is 0.107 e. The van der Waals surface area contributed by atoms with E-state index in [2.05, 4.69) is 13.8 Å². The summed E-state index contributed by atoms with van der Waals surface area (Å²) in [5, 5.41) is 8.62. The summed E-state index contributed by atoms with van der Waals surface area (Å²) < 4.78 is 5.17. The number of hydrogen-bond donors (Lipinski definition) is 1. The summed E-state index contributed by atoms with van der Waals surface area (Å²) in [6.45, 7) is 4.61. The molecular formula is C8H16O2. The maximum atomic E-state index is 8.62. The van der Waals surface area contributed by atoms with Crippen LogP contribution >= 0.6 is 0 Å². The Labute approximate surface area is 62.2 Å². The molecule has 0 bridgehead atoms. The standard InChI is InChI=1S/C8H16O2/c1-6(2)3-4-7-8(5-9)10-7/h6-9H,3-5H2,1-2H3. The molecule has 1 N–H and O–H groups in total. The topological polar surface area (TPSA) is 32.8 Å². The van der Waals surface area contributed by atoms with Crippen molar-refractivity contribution >= 4 is 0 Å². The molecule has 1 rings (SSSR count). The van der Waals surface area contributed by atoms with Crippen molar-refractivity contribution in [3.63, 3.8) is 0 Å². The van der Waals surface area contributed by atoms with Gasteiger partial charge in [-0.3, -0.25) is 0 Å². The van der Waals surface area contributed by atoms with Gasteiger partial charge in [-0.2, -0.15) is 0 Å².